The van der Waals surface area contributed by atoms with Crippen LogP contribution in [0.25, 0.3) is 0 Å². The summed E-state index contributed by atoms with van der Waals surface area (Å²) in [5, 5.41) is 76.4. The van der Waals surface area contributed by atoms with Crippen LogP contribution in [-0.2, 0) is 14.2 Å². The summed E-state index contributed by atoms with van der Waals surface area (Å²) < 4.78 is 15.3. The number of ether oxygens (including phenoxy) is 3. The fourth-order valence-electron chi connectivity index (χ4n) is 2.49. The van der Waals surface area contributed by atoms with Crippen LogP contribution in [0.1, 0.15) is 0 Å². The van der Waals surface area contributed by atoms with E-state index in [4.69, 9.17) is 24.4 Å². The zero-order valence-electron chi connectivity index (χ0n) is 12.0. The molecule has 0 saturated carbocycles. The van der Waals surface area contributed by atoms with Gasteiger partial charge in [-0.25, -0.2) is 0 Å². The summed E-state index contributed by atoms with van der Waals surface area (Å²) in [6, 6.07) is 0. The number of rotatable bonds is 4. The molecule has 2 saturated heterocycles. The Balaban J connectivity index is 2.07. The zero-order chi connectivity index (χ0) is 17.3. The summed E-state index contributed by atoms with van der Waals surface area (Å²) in [4.78, 5) is 0. The van der Waals surface area contributed by atoms with Gasteiger partial charge in [0.15, 0.2) is 12.6 Å². The molecule has 11 heteroatoms. The van der Waals surface area contributed by atoms with Crippen LogP contribution in [0.2, 0.25) is 0 Å². The lowest BCUT2D eigenvalue weighted by molar-refractivity contribution is -0.376. The van der Waals surface area contributed by atoms with E-state index >= 15 is 0 Å². The van der Waals surface area contributed by atoms with Crippen molar-refractivity contribution in [1.82, 2.24) is 0 Å². The molecule has 4 unspecified atom stereocenters. The molecule has 2 rings (SSSR count). The smallest absolute Gasteiger partial charge is 0.189 e. The molecule has 0 spiro atoms. The molecule has 0 aromatic rings. The quantitative estimate of drug-likeness (QED) is 0.243. The first-order valence-corrected chi connectivity index (χ1v) is 7.08. The van der Waals surface area contributed by atoms with Crippen molar-refractivity contribution in [2.45, 2.75) is 61.4 Å². The highest BCUT2D eigenvalue weighted by Gasteiger charge is 2.49. The second-order valence-electron chi connectivity index (χ2n) is 5.53. The number of aliphatic hydroxyl groups is 8. The predicted molar refractivity (Wildman–Crippen MR) is 68.6 cm³/mol. The molecule has 11 nitrogen and oxygen atoms in total. The molecule has 23 heavy (non-hydrogen) atoms. The minimum absolute atomic E-state index is 0.667. The Hall–Kier alpha value is -0.440. The second-order valence-corrected chi connectivity index (χ2v) is 5.53. The third-order valence-corrected chi connectivity index (χ3v) is 3.97. The Kier molecular flexibility index (Phi) is 6.27. The molecule has 0 aliphatic carbocycles. The van der Waals surface area contributed by atoms with Crippen LogP contribution >= 0.6 is 0 Å². The molecular weight excluding hydrogens is 320 g/mol. The summed E-state index contributed by atoms with van der Waals surface area (Å²) in [5.74, 6) is 0. The van der Waals surface area contributed by atoms with Crippen molar-refractivity contribution in [1.29, 1.82) is 0 Å². The highest BCUT2D eigenvalue weighted by atomic mass is 16.8. The van der Waals surface area contributed by atoms with Gasteiger partial charge in [0.1, 0.15) is 48.8 Å². The van der Waals surface area contributed by atoms with Crippen LogP contribution in [0.4, 0.5) is 0 Å². The van der Waals surface area contributed by atoms with Gasteiger partial charge < -0.3 is 55.1 Å². The average molecular weight is 342 g/mol. The Bertz CT molecular complexity index is 344. The van der Waals surface area contributed by atoms with E-state index in [2.05, 4.69) is 0 Å². The molecule has 0 aromatic heterocycles. The lowest BCUT2D eigenvalue weighted by Crippen LogP contribution is -2.63. The number of aliphatic hydroxyl groups excluding tert-OH is 8. The fourth-order valence-corrected chi connectivity index (χ4v) is 2.49. The van der Waals surface area contributed by atoms with Crippen molar-refractivity contribution in [3.05, 3.63) is 0 Å². The van der Waals surface area contributed by atoms with Crippen molar-refractivity contribution < 1.29 is 55.1 Å². The maximum absolute atomic E-state index is 9.84. The molecule has 2 aliphatic heterocycles. The van der Waals surface area contributed by atoms with Gasteiger partial charge >= 0.3 is 0 Å². The Morgan fingerprint density at radius 2 is 0.913 bits per heavy atom. The van der Waals surface area contributed by atoms with E-state index < -0.39 is 74.6 Å². The van der Waals surface area contributed by atoms with E-state index in [-0.39, 0.29) is 0 Å². The van der Waals surface area contributed by atoms with Crippen LogP contribution in [0.5, 0.6) is 0 Å². The first-order valence-electron chi connectivity index (χ1n) is 7.08. The van der Waals surface area contributed by atoms with Crippen molar-refractivity contribution in [3.8, 4) is 0 Å². The van der Waals surface area contributed by atoms with E-state index in [0.29, 0.717) is 0 Å². The van der Waals surface area contributed by atoms with Gasteiger partial charge in [-0.3, -0.25) is 0 Å². The van der Waals surface area contributed by atoms with Gasteiger partial charge in [-0.15, -0.1) is 0 Å². The lowest BCUT2D eigenvalue weighted by atomic mass is 9.98. The Labute approximate surface area is 130 Å². The van der Waals surface area contributed by atoms with Crippen molar-refractivity contribution in [2.24, 2.45) is 0 Å². The molecule has 0 bridgehead atoms. The molecule has 0 aromatic carbocycles. The van der Waals surface area contributed by atoms with Gasteiger partial charge in [-0.1, -0.05) is 0 Å². The molecule has 8 N–H and O–H groups in total. The SMILES string of the molecule is OCC1O[C@H](O[C@H]2O[C@H](CO)[C@@H](O)C(O)C2O)[C@@H](O)C(O)[C@@H]1O. The molecule has 0 amide bonds. The van der Waals surface area contributed by atoms with Crippen LogP contribution in [0.15, 0.2) is 0 Å². The lowest BCUT2D eigenvalue weighted by Gasteiger charge is -2.44. The maximum Gasteiger partial charge on any atom is 0.189 e. The fraction of sp³-hybridized carbons (Fsp3) is 1.00. The summed E-state index contributed by atoms with van der Waals surface area (Å²) in [6.45, 7) is -1.33. The predicted octanol–water partition coefficient (Wildman–Crippen LogP) is -5.40. The van der Waals surface area contributed by atoms with Gasteiger partial charge in [0.25, 0.3) is 0 Å². The Morgan fingerprint density at radius 1 is 0.565 bits per heavy atom. The van der Waals surface area contributed by atoms with E-state index in [9.17, 15) is 30.6 Å². The molecule has 136 valence electrons. The van der Waals surface area contributed by atoms with Crippen LogP contribution in [0.3, 0.4) is 0 Å². The molecule has 2 fully saturated rings. The standard InChI is InChI=1S/C12H22O11/c13-1-3-5(15)7(17)9(19)11(21-3)23-12-10(20)8(18)6(16)4(2-14)22-12/h3-20H,1-2H2/t3-,4?,5-,6-,7?,8?,9?,10+,11-,12-/m1/s1. The summed E-state index contributed by atoms with van der Waals surface area (Å²) in [7, 11) is 0. The maximum atomic E-state index is 9.84. The minimum Gasteiger partial charge on any atom is -0.394 e. The van der Waals surface area contributed by atoms with E-state index in [1.807, 2.05) is 0 Å². The van der Waals surface area contributed by atoms with Crippen LogP contribution in [-0.4, -0.2) is 115 Å². The van der Waals surface area contributed by atoms with Crippen LogP contribution < -0.4 is 0 Å². The highest BCUT2D eigenvalue weighted by Crippen LogP contribution is 2.27. The normalized spacial score (nSPS) is 51.7. The van der Waals surface area contributed by atoms with Gasteiger partial charge in [-0.2, -0.15) is 0 Å². The summed E-state index contributed by atoms with van der Waals surface area (Å²) in [6.07, 6.45) is -15.6. The zero-order valence-corrected chi connectivity index (χ0v) is 12.0. The topological polar surface area (TPSA) is 190 Å². The molecule has 2 heterocycles. The van der Waals surface area contributed by atoms with E-state index in [0.717, 1.165) is 0 Å². The first kappa shape index (κ1) is 18.9. The van der Waals surface area contributed by atoms with E-state index in [1.54, 1.807) is 0 Å². The minimum atomic E-state index is -1.72. The largest absolute Gasteiger partial charge is 0.394 e. The Morgan fingerprint density at radius 3 is 1.22 bits per heavy atom. The third kappa shape index (κ3) is 3.65. The van der Waals surface area contributed by atoms with Crippen molar-refractivity contribution >= 4 is 0 Å². The van der Waals surface area contributed by atoms with Gasteiger partial charge in [0.05, 0.1) is 13.2 Å². The van der Waals surface area contributed by atoms with E-state index in [1.165, 1.54) is 0 Å². The summed E-state index contributed by atoms with van der Waals surface area (Å²) in [5.41, 5.74) is 0. The summed E-state index contributed by atoms with van der Waals surface area (Å²) >= 11 is 0. The molecule has 10 atom stereocenters. The molecule has 2 aliphatic rings. The highest BCUT2D eigenvalue weighted by molar-refractivity contribution is 4.92. The van der Waals surface area contributed by atoms with Gasteiger partial charge in [0, 0.05) is 0 Å². The molecule has 0 radical (unpaired) electrons. The monoisotopic (exact) mass is 342 g/mol. The van der Waals surface area contributed by atoms with Crippen LogP contribution in [0, 0.1) is 0 Å². The number of hydrogen-bond acceptors (Lipinski definition) is 11. The third-order valence-electron chi connectivity index (χ3n) is 3.97. The second kappa shape index (κ2) is 7.63. The van der Waals surface area contributed by atoms with Crippen molar-refractivity contribution in [2.75, 3.05) is 13.2 Å². The number of hydrogen-bond donors (Lipinski definition) is 8. The molecular formula is C12H22O11. The van der Waals surface area contributed by atoms with Gasteiger partial charge in [0.2, 0.25) is 0 Å². The van der Waals surface area contributed by atoms with Gasteiger partial charge in [-0.05, 0) is 0 Å². The average Bonchev–Trinajstić information content (AvgIpc) is 2.55. The van der Waals surface area contributed by atoms with Crippen molar-refractivity contribution in [3.63, 3.8) is 0 Å². The first-order chi connectivity index (χ1) is 10.8.